The van der Waals surface area contributed by atoms with Crippen LogP contribution in [0.1, 0.15) is 24.2 Å². The van der Waals surface area contributed by atoms with Gasteiger partial charge in [0.05, 0.1) is 17.3 Å². The van der Waals surface area contributed by atoms with Crippen LogP contribution in [0.5, 0.6) is 0 Å². The Hall–Kier alpha value is -2.11. The molecule has 100 valence electrons. The number of alkyl halides is 3. The Morgan fingerprint density at radius 3 is 2.42 bits per heavy atom. The number of hydrogen-bond donors (Lipinski definition) is 1. The molecule has 1 N–H and O–H groups in total. The van der Waals surface area contributed by atoms with Crippen LogP contribution in [0.4, 0.5) is 19.0 Å². The van der Waals surface area contributed by atoms with Gasteiger partial charge in [0.15, 0.2) is 0 Å². The van der Waals surface area contributed by atoms with E-state index in [9.17, 15) is 13.2 Å². The molecule has 2 aromatic heterocycles. The van der Waals surface area contributed by atoms with Gasteiger partial charge >= 0.3 is 6.18 Å². The Bertz CT molecular complexity index is 540. The van der Waals surface area contributed by atoms with Crippen molar-refractivity contribution in [2.24, 2.45) is 0 Å². The van der Waals surface area contributed by atoms with Gasteiger partial charge in [0, 0.05) is 12.4 Å². The zero-order chi connectivity index (χ0) is 13.9. The maximum absolute atomic E-state index is 12.8. The van der Waals surface area contributed by atoms with Crippen molar-refractivity contribution in [3.8, 4) is 0 Å². The summed E-state index contributed by atoms with van der Waals surface area (Å²) in [6.07, 6.45) is -1.51. The summed E-state index contributed by atoms with van der Waals surface area (Å²) in [5.41, 5.74) is -0.126. The monoisotopic (exact) mass is 267 g/mol. The van der Waals surface area contributed by atoms with Gasteiger partial charge < -0.3 is 5.32 Å². The molecule has 0 spiro atoms. The van der Waals surface area contributed by atoms with Crippen molar-refractivity contribution < 1.29 is 13.2 Å². The average Bonchev–Trinajstić information content (AvgIpc) is 2.39. The lowest BCUT2D eigenvalue weighted by Crippen LogP contribution is -2.15. The predicted octanol–water partition coefficient (Wildman–Crippen LogP) is 3.67. The number of rotatable bonds is 3. The second-order valence-corrected chi connectivity index (χ2v) is 4.02. The van der Waals surface area contributed by atoms with Crippen molar-refractivity contribution in [2.75, 3.05) is 5.32 Å². The summed E-state index contributed by atoms with van der Waals surface area (Å²) in [7, 11) is 0. The van der Waals surface area contributed by atoms with E-state index in [1.807, 2.05) is 0 Å². The van der Waals surface area contributed by atoms with Gasteiger partial charge in [-0.3, -0.25) is 4.98 Å². The van der Waals surface area contributed by atoms with Crippen molar-refractivity contribution in [3.63, 3.8) is 0 Å². The molecule has 0 amide bonds. The van der Waals surface area contributed by atoms with Gasteiger partial charge in [-0.15, -0.1) is 0 Å². The summed E-state index contributed by atoms with van der Waals surface area (Å²) in [5.74, 6) is -0.187. The number of aromatic nitrogens is 2. The van der Waals surface area contributed by atoms with E-state index in [4.69, 9.17) is 0 Å². The molecule has 0 bridgehead atoms. The molecule has 19 heavy (non-hydrogen) atoms. The van der Waals surface area contributed by atoms with E-state index in [2.05, 4.69) is 15.3 Å². The molecule has 0 aliphatic carbocycles. The fourth-order valence-electron chi connectivity index (χ4n) is 1.66. The second-order valence-electron chi connectivity index (χ2n) is 4.02. The molecule has 0 aliphatic heterocycles. The molecule has 0 saturated carbocycles. The normalized spacial score (nSPS) is 13.1. The molecule has 2 heterocycles. The largest absolute Gasteiger partial charge is 0.419 e. The van der Waals surface area contributed by atoms with E-state index in [1.165, 1.54) is 12.3 Å². The van der Waals surface area contributed by atoms with Crippen molar-refractivity contribution in [3.05, 3.63) is 54.0 Å². The van der Waals surface area contributed by atoms with Gasteiger partial charge in [0.25, 0.3) is 0 Å². The molecular formula is C13H12F3N3. The summed E-state index contributed by atoms with van der Waals surface area (Å²) < 4.78 is 38.4. The quantitative estimate of drug-likeness (QED) is 0.922. The molecule has 0 radical (unpaired) electrons. The van der Waals surface area contributed by atoms with Crippen LogP contribution in [-0.2, 0) is 6.18 Å². The van der Waals surface area contributed by atoms with E-state index in [1.54, 1.807) is 31.3 Å². The van der Waals surface area contributed by atoms with Gasteiger partial charge in [0.1, 0.15) is 5.82 Å². The third-order valence-electron chi connectivity index (χ3n) is 2.60. The molecule has 0 aromatic carbocycles. The van der Waals surface area contributed by atoms with E-state index in [-0.39, 0.29) is 11.9 Å². The summed E-state index contributed by atoms with van der Waals surface area (Å²) in [6, 6.07) is 7.17. The van der Waals surface area contributed by atoms with Crippen LogP contribution >= 0.6 is 0 Å². The van der Waals surface area contributed by atoms with Gasteiger partial charge in [-0.1, -0.05) is 6.07 Å². The molecule has 0 aliphatic rings. The summed E-state index contributed by atoms with van der Waals surface area (Å²) in [6.45, 7) is 1.73. The Morgan fingerprint density at radius 2 is 1.79 bits per heavy atom. The van der Waals surface area contributed by atoms with Crippen LogP contribution < -0.4 is 5.32 Å². The molecule has 2 aromatic rings. The zero-order valence-corrected chi connectivity index (χ0v) is 10.1. The first-order valence-corrected chi connectivity index (χ1v) is 5.68. The molecule has 2 rings (SSSR count). The number of pyridine rings is 2. The predicted molar refractivity (Wildman–Crippen MR) is 65.5 cm³/mol. The van der Waals surface area contributed by atoms with Crippen LogP contribution in [0.2, 0.25) is 0 Å². The lowest BCUT2D eigenvalue weighted by atomic mass is 10.2. The Labute approximate surface area is 108 Å². The van der Waals surface area contributed by atoms with Crippen LogP contribution in [0.15, 0.2) is 42.7 Å². The first kappa shape index (κ1) is 13.3. The summed E-state index contributed by atoms with van der Waals surface area (Å²) in [5, 5.41) is 2.74. The minimum atomic E-state index is -4.43. The summed E-state index contributed by atoms with van der Waals surface area (Å²) in [4.78, 5) is 7.85. The second kappa shape index (κ2) is 5.26. The molecule has 1 unspecified atom stereocenters. The van der Waals surface area contributed by atoms with Crippen LogP contribution in [0.3, 0.4) is 0 Å². The Morgan fingerprint density at radius 1 is 1.05 bits per heavy atom. The van der Waals surface area contributed by atoms with Crippen molar-refractivity contribution in [1.82, 2.24) is 9.97 Å². The van der Waals surface area contributed by atoms with E-state index in [0.717, 1.165) is 6.07 Å². The minimum absolute atomic E-state index is 0.187. The van der Waals surface area contributed by atoms with Crippen LogP contribution in [0.25, 0.3) is 0 Å². The summed E-state index contributed by atoms with van der Waals surface area (Å²) >= 11 is 0. The van der Waals surface area contributed by atoms with Gasteiger partial charge in [-0.2, -0.15) is 13.2 Å². The molecule has 3 nitrogen and oxygen atoms in total. The van der Waals surface area contributed by atoms with Crippen LogP contribution in [-0.4, -0.2) is 9.97 Å². The van der Waals surface area contributed by atoms with Gasteiger partial charge in [0.2, 0.25) is 0 Å². The lowest BCUT2D eigenvalue weighted by Gasteiger charge is -2.17. The Kier molecular flexibility index (Phi) is 3.69. The highest BCUT2D eigenvalue weighted by atomic mass is 19.4. The number of halogens is 3. The fourth-order valence-corrected chi connectivity index (χ4v) is 1.66. The fraction of sp³-hybridized carbons (Fsp3) is 0.231. The maximum Gasteiger partial charge on any atom is 0.419 e. The minimum Gasteiger partial charge on any atom is -0.361 e. The number of anilines is 1. The first-order valence-electron chi connectivity index (χ1n) is 5.68. The average molecular weight is 267 g/mol. The van der Waals surface area contributed by atoms with Crippen molar-refractivity contribution >= 4 is 5.82 Å². The zero-order valence-electron chi connectivity index (χ0n) is 10.1. The topological polar surface area (TPSA) is 37.8 Å². The molecular weight excluding hydrogens is 255 g/mol. The highest BCUT2D eigenvalue weighted by Gasteiger charge is 2.34. The lowest BCUT2D eigenvalue weighted by molar-refractivity contribution is -0.137. The van der Waals surface area contributed by atoms with Crippen LogP contribution in [0, 0.1) is 0 Å². The standard InChI is InChI=1S/C13H12F3N3/c1-9(11-6-2-3-7-17-11)19-12-10(13(14,15)16)5-4-8-18-12/h2-9H,1H3,(H,18,19). The SMILES string of the molecule is CC(Nc1ncccc1C(F)(F)F)c1ccccn1. The molecule has 1 atom stereocenters. The van der Waals surface area contributed by atoms with Crippen molar-refractivity contribution in [2.45, 2.75) is 19.1 Å². The molecule has 6 heteroatoms. The molecule has 0 saturated heterocycles. The van der Waals surface area contributed by atoms with Crippen molar-refractivity contribution in [1.29, 1.82) is 0 Å². The third kappa shape index (κ3) is 3.21. The number of nitrogens with one attached hydrogen (secondary N) is 1. The van der Waals surface area contributed by atoms with E-state index in [0.29, 0.717) is 5.69 Å². The van der Waals surface area contributed by atoms with Gasteiger partial charge in [-0.25, -0.2) is 4.98 Å². The van der Waals surface area contributed by atoms with Gasteiger partial charge in [-0.05, 0) is 31.2 Å². The highest BCUT2D eigenvalue weighted by Crippen LogP contribution is 2.34. The van der Waals surface area contributed by atoms with E-state index >= 15 is 0 Å². The Balaban J connectivity index is 2.25. The smallest absolute Gasteiger partial charge is 0.361 e. The first-order chi connectivity index (χ1) is 8.98. The maximum atomic E-state index is 12.8. The molecule has 0 fully saturated rings. The van der Waals surface area contributed by atoms with E-state index < -0.39 is 11.7 Å². The number of hydrogen-bond acceptors (Lipinski definition) is 3. The number of nitrogens with zero attached hydrogens (tertiary/aromatic N) is 2. The highest BCUT2D eigenvalue weighted by molar-refractivity contribution is 5.46. The third-order valence-corrected chi connectivity index (χ3v) is 2.60.